The van der Waals surface area contributed by atoms with Crippen molar-refractivity contribution in [1.29, 1.82) is 0 Å². The van der Waals surface area contributed by atoms with Gasteiger partial charge in [-0.1, -0.05) is 30.9 Å². The predicted octanol–water partition coefficient (Wildman–Crippen LogP) is 2.68. The molecule has 3 N–H and O–H groups in total. The van der Waals surface area contributed by atoms with E-state index < -0.39 is 0 Å². The molecule has 0 fully saturated rings. The van der Waals surface area contributed by atoms with Crippen LogP contribution in [-0.2, 0) is 9.53 Å². The molecule has 0 atom stereocenters. The highest BCUT2D eigenvalue weighted by Gasteiger charge is 2.09. The monoisotopic (exact) mass is 383 g/mol. The van der Waals surface area contributed by atoms with Gasteiger partial charge in [-0.2, -0.15) is 0 Å². The van der Waals surface area contributed by atoms with Gasteiger partial charge in [0.1, 0.15) is 12.4 Å². The Balaban J connectivity index is 1.90. The number of methoxy groups -OCH3 is 1. The van der Waals surface area contributed by atoms with Gasteiger partial charge in [-0.3, -0.25) is 9.59 Å². The minimum Gasteiger partial charge on any atom is -0.487 e. The van der Waals surface area contributed by atoms with Gasteiger partial charge >= 0.3 is 0 Å². The summed E-state index contributed by atoms with van der Waals surface area (Å²) in [6.07, 6.45) is 1.65. The molecule has 0 bridgehead atoms. The first kappa shape index (κ1) is 21.0. The van der Waals surface area contributed by atoms with E-state index in [2.05, 4.69) is 22.5 Å². The number of rotatable bonds is 11. The molecule has 0 aliphatic heterocycles. The lowest BCUT2D eigenvalue weighted by molar-refractivity contribution is -0.114. The fraction of sp³-hybridized carbons (Fsp3) is 0.238. The Bertz CT molecular complexity index is 808. The molecular formula is C21H25N3O4. The van der Waals surface area contributed by atoms with Crippen molar-refractivity contribution in [2.75, 3.05) is 44.0 Å². The van der Waals surface area contributed by atoms with Crippen molar-refractivity contribution in [2.24, 2.45) is 0 Å². The van der Waals surface area contributed by atoms with E-state index in [0.717, 1.165) is 0 Å². The maximum absolute atomic E-state index is 12.3. The van der Waals surface area contributed by atoms with E-state index in [1.165, 1.54) is 0 Å². The number of amides is 2. The van der Waals surface area contributed by atoms with Gasteiger partial charge in [-0.25, -0.2) is 0 Å². The molecule has 28 heavy (non-hydrogen) atoms. The number of anilines is 2. The number of hydrogen-bond donors (Lipinski definition) is 3. The third kappa shape index (κ3) is 6.77. The van der Waals surface area contributed by atoms with Gasteiger partial charge in [-0.15, -0.1) is 0 Å². The number of para-hydroxylation sites is 2. The summed E-state index contributed by atoms with van der Waals surface area (Å²) >= 11 is 0. The number of benzene rings is 2. The SMILES string of the molecule is C=CCOc1ccccc1NCC(=O)Nc1cccc(C(=O)NCCOC)c1. The van der Waals surface area contributed by atoms with Crippen molar-refractivity contribution in [3.8, 4) is 5.75 Å². The molecule has 7 nitrogen and oxygen atoms in total. The number of carbonyl (C=O) groups excluding carboxylic acids is 2. The van der Waals surface area contributed by atoms with E-state index in [1.807, 2.05) is 24.3 Å². The van der Waals surface area contributed by atoms with Crippen LogP contribution in [-0.4, -0.2) is 45.2 Å². The number of ether oxygens (including phenoxy) is 2. The Labute approximate surface area is 164 Å². The van der Waals surface area contributed by atoms with Crippen LogP contribution in [0.2, 0.25) is 0 Å². The molecular weight excluding hydrogens is 358 g/mol. The van der Waals surface area contributed by atoms with Crippen LogP contribution in [0.15, 0.2) is 61.2 Å². The van der Waals surface area contributed by atoms with Gasteiger partial charge in [0, 0.05) is 24.9 Å². The van der Waals surface area contributed by atoms with Crippen LogP contribution in [0.5, 0.6) is 5.75 Å². The number of nitrogens with one attached hydrogen (secondary N) is 3. The third-order valence-corrected chi connectivity index (χ3v) is 3.68. The van der Waals surface area contributed by atoms with Crippen molar-refractivity contribution >= 4 is 23.2 Å². The molecule has 7 heteroatoms. The van der Waals surface area contributed by atoms with Gasteiger partial charge in [0.25, 0.3) is 5.91 Å². The second kappa shape index (κ2) is 11.4. The molecule has 0 aliphatic carbocycles. The van der Waals surface area contributed by atoms with Crippen LogP contribution in [0.25, 0.3) is 0 Å². The largest absolute Gasteiger partial charge is 0.487 e. The minimum atomic E-state index is -0.240. The number of hydrogen-bond acceptors (Lipinski definition) is 5. The van der Waals surface area contributed by atoms with Crippen LogP contribution in [0.1, 0.15) is 10.4 Å². The van der Waals surface area contributed by atoms with E-state index >= 15 is 0 Å². The average molecular weight is 383 g/mol. The van der Waals surface area contributed by atoms with Gasteiger partial charge in [-0.05, 0) is 30.3 Å². The zero-order valence-electron chi connectivity index (χ0n) is 15.9. The maximum Gasteiger partial charge on any atom is 0.251 e. The number of carbonyl (C=O) groups is 2. The smallest absolute Gasteiger partial charge is 0.251 e. The highest BCUT2D eigenvalue weighted by molar-refractivity contribution is 5.98. The van der Waals surface area contributed by atoms with Gasteiger partial charge in [0.2, 0.25) is 5.91 Å². The summed E-state index contributed by atoms with van der Waals surface area (Å²) in [5, 5.41) is 8.56. The van der Waals surface area contributed by atoms with Crippen LogP contribution < -0.4 is 20.7 Å². The summed E-state index contributed by atoms with van der Waals surface area (Å²) < 4.78 is 10.5. The van der Waals surface area contributed by atoms with Crippen molar-refractivity contribution in [2.45, 2.75) is 0 Å². The molecule has 148 valence electrons. The first-order chi connectivity index (χ1) is 13.6. The zero-order valence-corrected chi connectivity index (χ0v) is 15.9. The molecule has 2 aromatic carbocycles. The summed E-state index contributed by atoms with van der Waals surface area (Å²) in [5.41, 5.74) is 1.72. The third-order valence-electron chi connectivity index (χ3n) is 3.68. The van der Waals surface area contributed by atoms with Crippen LogP contribution in [0, 0.1) is 0 Å². The quantitative estimate of drug-likeness (QED) is 0.410. The molecule has 0 radical (unpaired) electrons. The second-order valence-electron chi connectivity index (χ2n) is 5.83. The lowest BCUT2D eigenvalue weighted by Gasteiger charge is -2.12. The topological polar surface area (TPSA) is 88.7 Å². The lowest BCUT2D eigenvalue weighted by Crippen LogP contribution is -2.27. The first-order valence-electron chi connectivity index (χ1n) is 8.87. The normalized spacial score (nSPS) is 10.0. The van der Waals surface area contributed by atoms with E-state index in [9.17, 15) is 9.59 Å². The predicted molar refractivity (Wildman–Crippen MR) is 110 cm³/mol. The fourth-order valence-corrected chi connectivity index (χ4v) is 2.37. The molecule has 0 spiro atoms. The van der Waals surface area contributed by atoms with Crippen molar-refractivity contribution in [3.05, 3.63) is 66.7 Å². The fourth-order valence-electron chi connectivity index (χ4n) is 2.37. The standard InChI is InChI=1S/C21H25N3O4/c1-3-12-28-19-10-5-4-9-18(19)23-15-20(25)24-17-8-6-7-16(14-17)21(26)22-11-13-27-2/h3-10,14,23H,1,11-13,15H2,2H3,(H,22,26)(H,24,25). The molecule has 2 aromatic rings. The Hall–Kier alpha value is -3.32. The van der Waals surface area contributed by atoms with E-state index in [4.69, 9.17) is 9.47 Å². The van der Waals surface area contributed by atoms with Crippen molar-refractivity contribution < 1.29 is 19.1 Å². The Kier molecular flexibility index (Phi) is 8.55. The molecule has 0 saturated carbocycles. The van der Waals surface area contributed by atoms with Gasteiger partial charge in [0.15, 0.2) is 0 Å². The highest BCUT2D eigenvalue weighted by Crippen LogP contribution is 2.23. The molecule has 2 rings (SSSR count). The second-order valence-corrected chi connectivity index (χ2v) is 5.83. The maximum atomic E-state index is 12.3. The van der Waals surface area contributed by atoms with Gasteiger partial charge < -0.3 is 25.4 Å². The molecule has 0 aliphatic rings. The van der Waals surface area contributed by atoms with E-state index in [-0.39, 0.29) is 18.4 Å². The molecule has 2 amide bonds. The average Bonchev–Trinajstić information content (AvgIpc) is 2.71. The summed E-state index contributed by atoms with van der Waals surface area (Å²) in [6.45, 7) is 4.91. The van der Waals surface area contributed by atoms with Crippen LogP contribution >= 0.6 is 0 Å². The summed E-state index contributed by atoms with van der Waals surface area (Å²) in [6, 6.07) is 14.1. The highest BCUT2D eigenvalue weighted by atomic mass is 16.5. The summed E-state index contributed by atoms with van der Waals surface area (Å²) in [4.78, 5) is 24.3. The van der Waals surface area contributed by atoms with E-state index in [1.54, 1.807) is 37.5 Å². The minimum absolute atomic E-state index is 0.0543. The molecule has 0 saturated heterocycles. The van der Waals surface area contributed by atoms with Crippen LogP contribution in [0.4, 0.5) is 11.4 Å². The molecule has 0 unspecified atom stereocenters. The molecule has 0 aromatic heterocycles. The Morgan fingerprint density at radius 2 is 1.96 bits per heavy atom. The zero-order chi connectivity index (χ0) is 20.2. The van der Waals surface area contributed by atoms with E-state index in [0.29, 0.717) is 42.4 Å². The lowest BCUT2D eigenvalue weighted by atomic mass is 10.2. The van der Waals surface area contributed by atoms with Crippen LogP contribution in [0.3, 0.4) is 0 Å². The Morgan fingerprint density at radius 3 is 2.75 bits per heavy atom. The van der Waals surface area contributed by atoms with Crippen molar-refractivity contribution in [3.63, 3.8) is 0 Å². The Morgan fingerprint density at radius 1 is 1.14 bits per heavy atom. The van der Waals surface area contributed by atoms with Gasteiger partial charge in [0.05, 0.1) is 18.8 Å². The first-order valence-corrected chi connectivity index (χ1v) is 8.87. The summed E-state index contributed by atoms with van der Waals surface area (Å²) in [7, 11) is 1.57. The molecule has 0 heterocycles. The van der Waals surface area contributed by atoms with Crippen molar-refractivity contribution in [1.82, 2.24) is 5.32 Å². The summed E-state index contributed by atoms with van der Waals surface area (Å²) in [5.74, 6) is 0.181.